The van der Waals surface area contributed by atoms with Crippen LogP contribution in [-0.4, -0.2) is 9.55 Å². The molecule has 0 amide bonds. The van der Waals surface area contributed by atoms with Crippen molar-refractivity contribution in [1.82, 2.24) is 9.55 Å². The van der Waals surface area contributed by atoms with Gasteiger partial charge in [-0.3, -0.25) is 4.57 Å². The van der Waals surface area contributed by atoms with Crippen molar-refractivity contribution in [3.8, 4) is 5.69 Å². The first-order chi connectivity index (χ1) is 8.68. The Labute approximate surface area is 108 Å². The smallest absolute Gasteiger partial charge is 0.206 e. The van der Waals surface area contributed by atoms with Gasteiger partial charge >= 0.3 is 0 Å². The van der Waals surface area contributed by atoms with E-state index < -0.39 is 5.82 Å². The van der Waals surface area contributed by atoms with E-state index in [0.29, 0.717) is 16.2 Å². The molecule has 90 valence electrons. The number of benzene rings is 2. The summed E-state index contributed by atoms with van der Waals surface area (Å²) < 4.78 is 15.3. The Morgan fingerprint density at radius 3 is 2.67 bits per heavy atom. The van der Waals surface area contributed by atoms with Gasteiger partial charge in [0.1, 0.15) is 5.52 Å². The van der Waals surface area contributed by atoms with E-state index in [1.54, 1.807) is 22.8 Å². The second kappa shape index (κ2) is 3.99. The van der Waals surface area contributed by atoms with E-state index in [1.807, 2.05) is 18.2 Å². The molecule has 2 N–H and O–H groups in total. The summed E-state index contributed by atoms with van der Waals surface area (Å²) in [6.07, 6.45) is 0. The first kappa shape index (κ1) is 11.0. The Morgan fingerprint density at radius 1 is 1.11 bits per heavy atom. The van der Waals surface area contributed by atoms with Crippen LogP contribution in [0.4, 0.5) is 10.3 Å². The third-order valence-electron chi connectivity index (χ3n) is 2.76. The first-order valence-corrected chi connectivity index (χ1v) is 5.73. The minimum atomic E-state index is -0.398. The predicted octanol–water partition coefficient (Wildman–Crippen LogP) is 3.40. The van der Waals surface area contributed by atoms with Gasteiger partial charge in [0.05, 0.1) is 16.2 Å². The minimum absolute atomic E-state index is 0.211. The quantitative estimate of drug-likeness (QED) is 0.730. The van der Waals surface area contributed by atoms with Crippen molar-refractivity contribution >= 4 is 28.6 Å². The number of fused-ring (bicyclic) bond motifs is 1. The van der Waals surface area contributed by atoms with Crippen LogP contribution in [0.2, 0.25) is 5.02 Å². The van der Waals surface area contributed by atoms with E-state index in [1.165, 1.54) is 6.07 Å². The summed E-state index contributed by atoms with van der Waals surface area (Å²) in [5.74, 6) is -0.187. The molecule has 0 saturated heterocycles. The lowest BCUT2D eigenvalue weighted by atomic mass is 10.2. The summed E-state index contributed by atoms with van der Waals surface area (Å²) >= 11 is 6.13. The highest BCUT2D eigenvalue weighted by Crippen LogP contribution is 2.28. The maximum atomic E-state index is 13.6. The van der Waals surface area contributed by atoms with E-state index >= 15 is 0 Å². The third kappa shape index (κ3) is 1.54. The lowest BCUT2D eigenvalue weighted by Gasteiger charge is -2.08. The van der Waals surface area contributed by atoms with Gasteiger partial charge in [0.25, 0.3) is 0 Å². The SMILES string of the molecule is Nc1nc2c(F)cccc2n1-c1ccccc1Cl. The number of nitrogen functional groups attached to an aromatic ring is 1. The molecule has 0 bridgehead atoms. The van der Waals surface area contributed by atoms with Gasteiger partial charge in [-0.15, -0.1) is 0 Å². The van der Waals surface area contributed by atoms with Gasteiger partial charge in [-0.1, -0.05) is 29.8 Å². The first-order valence-electron chi connectivity index (χ1n) is 5.36. The van der Waals surface area contributed by atoms with Gasteiger partial charge in [-0.05, 0) is 24.3 Å². The monoisotopic (exact) mass is 261 g/mol. The Hall–Kier alpha value is -2.07. The third-order valence-corrected chi connectivity index (χ3v) is 3.07. The topological polar surface area (TPSA) is 43.8 Å². The Balaban J connectivity index is 2.40. The zero-order valence-electron chi connectivity index (χ0n) is 9.27. The second-order valence-electron chi connectivity index (χ2n) is 3.86. The molecule has 1 heterocycles. The van der Waals surface area contributed by atoms with Crippen molar-refractivity contribution in [3.05, 3.63) is 53.3 Å². The van der Waals surface area contributed by atoms with E-state index in [-0.39, 0.29) is 11.5 Å². The largest absolute Gasteiger partial charge is 0.369 e. The average molecular weight is 262 g/mol. The Bertz CT molecular complexity index is 736. The molecule has 0 aliphatic carbocycles. The molecule has 0 fully saturated rings. The van der Waals surface area contributed by atoms with Crippen LogP contribution in [0.25, 0.3) is 16.7 Å². The number of aromatic nitrogens is 2. The highest BCUT2D eigenvalue weighted by atomic mass is 35.5. The van der Waals surface area contributed by atoms with Crippen LogP contribution in [0.1, 0.15) is 0 Å². The molecule has 0 saturated carbocycles. The fourth-order valence-corrected chi connectivity index (χ4v) is 2.19. The standard InChI is InChI=1S/C13H9ClFN3/c14-8-4-1-2-6-10(8)18-11-7-3-5-9(15)12(11)17-13(18)16/h1-7H,(H2,16,17). The van der Waals surface area contributed by atoms with Crippen molar-refractivity contribution in [1.29, 1.82) is 0 Å². The number of anilines is 1. The van der Waals surface area contributed by atoms with Gasteiger partial charge in [0, 0.05) is 0 Å². The van der Waals surface area contributed by atoms with E-state index in [2.05, 4.69) is 4.98 Å². The van der Waals surface area contributed by atoms with E-state index in [9.17, 15) is 4.39 Å². The molecule has 0 unspecified atom stereocenters. The van der Waals surface area contributed by atoms with Gasteiger partial charge in [-0.25, -0.2) is 9.37 Å². The number of para-hydroxylation sites is 2. The molecule has 3 nitrogen and oxygen atoms in total. The van der Waals surface area contributed by atoms with Crippen molar-refractivity contribution in [2.75, 3.05) is 5.73 Å². The Kier molecular flexibility index (Phi) is 2.45. The minimum Gasteiger partial charge on any atom is -0.369 e. The number of nitrogens with zero attached hydrogens (tertiary/aromatic N) is 2. The van der Waals surface area contributed by atoms with Gasteiger partial charge in [0.15, 0.2) is 5.82 Å². The highest BCUT2D eigenvalue weighted by Gasteiger charge is 2.14. The van der Waals surface area contributed by atoms with Crippen molar-refractivity contribution in [2.24, 2.45) is 0 Å². The summed E-state index contributed by atoms with van der Waals surface area (Å²) in [5, 5.41) is 0.535. The van der Waals surface area contributed by atoms with Crippen LogP contribution < -0.4 is 5.73 Å². The molecular formula is C13H9ClFN3. The van der Waals surface area contributed by atoms with Crippen LogP contribution in [0, 0.1) is 5.82 Å². The summed E-state index contributed by atoms with van der Waals surface area (Å²) in [7, 11) is 0. The molecule has 3 aromatic rings. The predicted molar refractivity (Wildman–Crippen MR) is 70.5 cm³/mol. The maximum Gasteiger partial charge on any atom is 0.206 e. The van der Waals surface area contributed by atoms with Crippen molar-refractivity contribution < 1.29 is 4.39 Å². The molecule has 0 atom stereocenters. The summed E-state index contributed by atoms with van der Waals surface area (Å²) in [5.41, 5.74) is 7.38. The lowest BCUT2D eigenvalue weighted by Crippen LogP contribution is -2.00. The van der Waals surface area contributed by atoms with E-state index in [4.69, 9.17) is 17.3 Å². The van der Waals surface area contributed by atoms with Crippen LogP contribution in [0.15, 0.2) is 42.5 Å². The maximum absolute atomic E-state index is 13.6. The normalized spacial score (nSPS) is 11.0. The Morgan fingerprint density at radius 2 is 1.89 bits per heavy atom. The van der Waals surface area contributed by atoms with E-state index in [0.717, 1.165) is 0 Å². The molecule has 0 spiro atoms. The number of nitrogens with two attached hydrogens (primary N) is 1. The molecule has 0 radical (unpaired) electrons. The van der Waals surface area contributed by atoms with Gasteiger partial charge in [-0.2, -0.15) is 0 Å². The molecule has 3 rings (SSSR count). The number of hydrogen-bond donors (Lipinski definition) is 1. The zero-order chi connectivity index (χ0) is 12.7. The fraction of sp³-hybridized carbons (Fsp3) is 0. The molecule has 1 aromatic heterocycles. The zero-order valence-corrected chi connectivity index (χ0v) is 10.0. The van der Waals surface area contributed by atoms with Crippen LogP contribution in [0.3, 0.4) is 0 Å². The number of imidazole rings is 1. The fourth-order valence-electron chi connectivity index (χ4n) is 1.97. The number of rotatable bonds is 1. The second-order valence-corrected chi connectivity index (χ2v) is 4.27. The van der Waals surface area contributed by atoms with Crippen LogP contribution in [0.5, 0.6) is 0 Å². The molecular weight excluding hydrogens is 253 g/mol. The van der Waals surface area contributed by atoms with Crippen molar-refractivity contribution in [2.45, 2.75) is 0 Å². The van der Waals surface area contributed by atoms with Crippen LogP contribution >= 0.6 is 11.6 Å². The van der Waals surface area contributed by atoms with Gasteiger partial charge in [0.2, 0.25) is 5.95 Å². The summed E-state index contributed by atoms with van der Waals surface area (Å²) in [4.78, 5) is 4.04. The molecule has 5 heteroatoms. The van der Waals surface area contributed by atoms with Crippen LogP contribution in [-0.2, 0) is 0 Å². The molecule has 0 aliphatic rings. The summed E-state index contributed by atoms with van der Waals surface area (Å²) in [6, 6.07) is 11.9. The average Bonchev–Trinajstić information content (AvgIpc) is 2.68. The highest BCUT2D eigenvalue weighted by molar-refractivity contribution is 6.32. The number of hydrogen-bond acceptors (Lipinski definition) is 2. The van der Waals surface area contributed by atoms with Crippen molar-refractivity contribution in [3.63, 3.8) is 0 Å². The molecule has 2 aromatic carbocycles. The number of halogens is 2. The van der Waals surface area contributed by atoms with Gasteiger partial charge < -0.3 is 5.73 Å². The summed E-state index contributed by atoms with van der Waals surface area (Å²) in [6.45, 7) is 0. The molecule has 18 heavy (non-hydrogen) atoms. The lowest BCUT2D eigenvalue weighted by molar-refractivity contribution is 0.637. The molecule has 0 aliphatic heterocycles.